The monoisotopic (exact) mass is 454 g/mol. The number of fused-ring (bicyclic) bond motifs is 1. The van der Waals surface area contributed by atoms with E-state index in [1.807, 2.05) is 67.9 Å². The van der Waals surface area contributed by atoms with Crippen molar-refractivity contribution in [3.05, 3.63) is 69.9 Å². The number of aliphatic carboxylic acids is 1. The molecule has 1 saturated heterocycles. The summed E-state index contributed by atoms with van der Waals surface area (Å²) < 4.78 is 7.24. The number of rotatable bonds is 5. The fraction of sp³-hybridized carbons (Fsp3) is 0.360. The Balaban J connectivity index is 1.53. The van der Waals surface area contributed by atoms with E-state index in [0.717, 1.165) is 27.6 Å². The molecular formula is C25H27ClN2O4. The number of halogens is 1. The van der Waals surface area contributed by atoms with Gasteiger partial charge in [-0.15, -0.1) is 0 Å². The van der Waals surface area contributed by atoms with Gasteiger partial charge in [0.15, 0.2) is 0 Å². The maximum absolute atomic E-state index is 13.0. The van der Waals surface area contributed by atoms with Crippen molar-refractivity contribution in [1.82, 2.24) is 9.88 Å². The molecule has 1 aliphatic rings. The lowest BCUT2D eigenvalue weighted by Gasteiger charge is -2.33. The number of nitrogens with zero attached hydrogens (tertiary/aromatic N) is 1. The average molecular weight is 455 g/mol. The second-order valence-corrected chi connectivity index (χ2v) is 8.97. The van der Waals surface area contributed by atoms with Gasteiger partial charge in [-0.05, 0) is 61.6 Å². The highest BCUT2D eigenvalue weighted by molar-refractivity contribution is 6.32. The van der Waals surface area contributed by atoms with Crippen molar-refractivity contribution in [3.8, 4) is 0 Å². The summed E-state index contributed by atoms with van der Waals surface area (Å²) in [5.74, 6) is -0.999. The molecule has 0 unspecified atom stereocenters. The van der Waals surface area contributed by atoms with Gasteiger partial charge in [0.05, 0.1) is 11.5 Å². The first-order chi connectivity index (χ1) is 15.2. The molecule has 1 amide bonds. The van der Waals surface area contributed by atoms with E-state index in [1.54, 1.807) is 0 Å². The van der Waals surface area contributed by atoms with Crippen molar-refractivity contribution < 1.29 is 19.4 Å². The molecule has 2 heterocycles. The molecule has 1 fully saturated rings. The number of carbonyl (C=O) groups excluding carboxylic acids is 1. The standard InChI is InChI=1S/C25H27ClN2O4/c1-15-12-21-18(13-20(15)26)14-22(28(21)3)23(29)27-16(2)17-4-6-19(7-5-17)25(24(30)31)8-10-32-11-9-25/h4-7,12-14,16H,8-11H2,1-3H3,(H,27,29)(H,30,31)/t16-/m1/s1. The Morgan fingerprint density at radius 1 is 1.16 bits per heavy atom. The van der Waals surface area contributed by atoms with Crippen LogP contribution in [0.4, 0.5) is 0 Å². The van der Waals surface area contributed by atoms with E-state index in [4.69, 9.17) is 16.3 Å². The number of carboxylic acid groups (broad SMARTS) is 1. The van der Waals surface area contributed by atoms with Crippen LogP contribution in [0.5, 0.6) is 0 Å². The van der Waals surface area contributed by atoms with Crippen LogP contribution in [0.3, 0.4) is 0 Å². The van der Waals surface area contributed by atoms with Crippen LogP contribution in [0.2, 0.25) is 5.02 Å². The molecule has 0 saturated carbocycles. The van der Waals surface area contributed by atoms with E-state index in [-0.39, 0.29) is 11.9 Å². The summed E-state index contributed by atoms with van der Waals surface area (Å²) in [5, 5.41) is 14.5. The van der Waals surface area contributed by atoms with Crippen LogP contribution in [0, 0.1) is 6.92 Å². The second kappa shape index (κ2) is 8.60. The summed E-state index contributed by atoms with van der Waals surface area (Å²) >= 11 is 6.24. The maximum Gasteiger partial charge on any atom is 0.314 e. The van der Waals surface area contributed by atoms with Crippen molar-refractivity contribution in [3.63, 3.8) is 0 Å². The van der Waals surface area contributed by atoms with E-state index in [2.05, 4.69) is 5.32 Å². The van der Waals surface area contributed by atoms with Crippen LogP contribution in [-0.4, -0.2) is 34.8 Å². The lowest BCUT2D eigenvalue weighted by molar-refractivity contribution is -0.147. The number of aryl methyl sites for hydroxylation is 2. The second-order valence-electron chi connectivity index (χ2n) is 8.57. The van der Waals surface area contributed by atoms with Gasteiger partial charge in [0.2, 0.25) is 0 Å². The smallest absolute Gasteiger partial charge is 0.314 e. The van der Waals surface area contributed by atoms with Crippen LogP contribution in [0.15, 0.2) is 42.5 Å². The minimum absolute atomic E-state index is 0.180. The number of benzene rings is 2. The number of hydrogen-bond acceptors (Lipinski definition) is 3. The first-order valence-corrected chi connectivity index (χ1v) is 11.1. The highest BCUT2D eigenvalue weighted by Crippen LogP contribution is 2.35. The fourth-order valence-electron chi connectivity index (χ4n) is 4.47. The van der Waals surface area contributed by atoms with Gasteiger partial charge in [-0.1, -0.05) is 35.9 Å². The number of hydrogen-bond donors (Lipinski definition) is 2. The minimum atomic E-state index is -0.911. The molecule has 32 heavy (non-hydrogen) atoms. The Morgan fingerprint density at radius 3 is 2.44 bits per heavy atom. The van der Waals surface area contributed by atoms with Crippen LogP contribution in [0.1, 0.15) is 53.0 Å². The van der Waals surface area contributed by atoms with Crippen molar-refractivity contribution in [2.24, 2.45) is 7.05 Å². The van der Waals surface area contributed by atoms with Gasteiger partial charge in [0.1, 0.15) is 5.69 Å². The highest BCUT2D eigenvalue weighted by atomic mass is 35.5. The van der Waals surface area contributed by atoms with Crippen LogP contribution >= 0.6 is 11.6 Å². The number of amides is 1. The SMILES string of the molecule is Cc1cc2c(cc1Cl)cc(C(=O)N[C@H](C)c1ccc(C3(C(=O)O)CCOCC3)cc1)n2C. The summed E-state index contributed by atoms with van der Waals surface area (Å²) in [6.45, 7) is 4.74. The number of aromatic nitrogens is 1. The lowest BCUT2D eigenvalue weighted by Crippen LogP contribution is -2.41. The molecule has 0 spiro atoms. The predicted molar refractivity (Wildman–Crippen MR) is 124 cm³/mol. The Bertz CT molecular complexity index is 1180. The van der Waals surface area contributed by atoms with E-state index in [1.165, 1.54) is 0 Å². The summed E-state index contributed by atoms with van der Waals surface area (Å²) in [7, 11) is 1.86. The number of carboxylic acids is 1. The van der Waals surface area contributed by atoms with E-state index < -0.39 is 11.4 Å². The molecule has 3 aromatic rings. The summed E-state index contributed by atoms with van der Waals surface area (Å²) in [5.41, 5.74) is 3.24. The molecule has 1 atom stereocenters. The molecule has 1 aromatic heterocycles. The third-order valence-electron chi connectivity index (χ3n) is 6.62. The first-order valence-electron chi connectivity index (χ1n) is 10.7. The molecule has 0 radical (unpaired) electrons. The third kappa shape index (κ3) is 3.89. The number of carbonyl (C=O) groups is 2. The van der Waals surface area contributed by atoms with E-state index >= 15 is 0 Å². The largest absolute Gasteiger partial charge is 0.481 e. The highest BCUT2D eigenvalue weighted by Gasteiger charge is 2.41. The van der Waals surface area contributed by atoms with Crippen molar-refractivity contribution in [1.29, 1.82) is 0 Å². The zero-order chi connectivity index (χ0) is 23.0. The normalized spacial score (nSPS) is 16.6. The predicted octanol–water partition coefficient (Wildman–Crippen LogP) is 4.76. The molecule has 2 aromatic carbocycles. The molecule has 0 aliphatic carbocycles. The molecular weight excluding hydrogens is 428 g/mol. The summed E-state index contributed by atoms with van der Waals surface area (Å²) in [6, 6.07) is 13.0. The lowest BCUT2D eigenvalue weighted by atomic mass is 9.74. The average Bonchev–Trinajstić information content (AvgIpc) is 3.10. The van der Waals surface area contributed by atoms with E-state index in [0.29, 0.717) is 36.8 Å². The number of ether oxygens (including phenoxy) is 1. The molecule has 1 aliphatic heterocycles. The van der Waals surface area contributed by atoms with Crippen LogP contribution in [0.25, 0.3) is 10.9 Å². The van der Waals surface area contributed by atoms with Crippen molar-refractivity contribution in [2.45, 2.75) is 38.1 Å². The Hall–Kier alpha value is -2.83. The molecule has 0 bridgehead atoms. The van der Waals surface area contributed by atoms with Gasteiger partial charge in [-0.25, -0.2) is 0 Å². The summed E-state index contributed by atoms with van der Waals surface area (Å²) in [6.07, 6.45) is 0.914. The summed E-state index contributed by atoms with van der Waals surface area (Å²) in [4.78, 5) is 25.0. The van der Waals surface area contributed by atoms with Crippen molar-refractivity contribution in [2.75, 3.05) is 13.2 Å². The Morgan fingerprint density at radius 2 is 1.81 bits per heavy atom. The van der Waals surface area contributed by atoms with Crippen LogP contribution in [-0.2, 0) is 22.0 Å². The molecule has 7 heteroatoms. The number of nitrogens with one attached hydrogen (secondary N) is 1. The van der Waals surface area contributed by atoms with Gasteiger partial charge < -0.3 is 19.7 Å². The zero-order valence-corrected chi connectivity index (χ0v) is 19.2. The minimum Gasteiger partial charge on any atom is -0.481 e. The topological polar surface area (TPSA) is 80.6 Å². The van der Waals surface area contributed by atoms with Crippen LogP contribution < -0.4 is 5.32 Å². The molecule has 2 N–H and O–H groups in total. The first kappa shape index (κ1) is 22.4. The van der Waals surface area contributed by atoms with Gasteiger partial charge in [0.25, 0.3) is 5.91 Å². The third-order valence-corrected chi connectivity index (χ3v) is 7.03. The van der Waals surface area contributed by atoms with Gasteiger partial charge in [-0.2, -0.15) is 0 Å². The fourth-order valence-corrected chi connectivity index (χ4v) is 4.64. The van der Waals surface area contributed by atoms with E-state index in [9.17, 15) is 14.7 Å². The van der Waals surface area contributed by atoms with Crippen molar-refractivity contribution >= 4 is 34.4 Å². The molecule has 168 valence electrons. The molecule has 4 rings (SSSR count). The Kier molecular flexibility index (Phi) is 6.01. The quantitative estimate of drug-likeness (QED) is 0.582. The zero-order valence-electron chi connectivity index (χ0n) is 18.4. The van der Waals surface area contributed by atoms with Gasteiger partial charge in [0, 0.05) is 36.2 Å². The maximum atomic E-state index is 13.0. The van der Waals surface area contributed by atoms with Gasteiger partial charge >= 0.3 is 5.97 Å². The molecule has 6 nitrogen and oxygen atoms in total. The van der Waals surface area contributed by atoms with Gasteiger partial charge in [-0.3, -0.25) is 9.59 Å². The Labute approximate surface area is 192 Å².